The van der Waals surface area contributed by atoms with Gasteiger partial charge in [-0.05, 0) is 19.9 Å². The van der Waals surface area contributed by atoms with Crippen molar-refractivity contribution in [3.05, 3.63) is 11.6 Å². The summed E-state index contributed by atoms with van der Waals surface area (Å²) in [6, 6.07) is 0. The lowest BCUT2D eigenvalue weighted by Crippen LogP contribution is -2.58. The average molecular weight is 276 g/mol. The van der Waals surface area contributed by atoms with Crippen LogP contribution in [-0.4, -0.2) is 70.1 Å². The number of aliphatic hydroxyl groups is 4. The summed E-state index contributed by atoms with van der Waals surface area (Å²) in [6.07, 6.45) is -5.67. The predicted octanol–water partition coefficient (Wildman–Crippen LogP) is -1.66. The van der Waals surface area contributed by atoms with Gasteiger partial charge >= 0.3 is 5.97 Å². The van der Waals surface area contributed by atoms with E-state index >= 15 is 0 Å². The highest BCUT2D eigenvalue weighted by molar-refractivity contribution is 5.75. The molecule has 0 aromatic carbocycles. The van der Waals surface area contributed by atoms with Crippen LogP contribution in [-0.2, 0) is 14.3 Å². The van der Waals surface area contributed by atoms with E-state index in [-0.39, 0.29) is 13.2 Å². The third-order valence-electron chi connectivity index (χ3n) is 2.81. The molecule has 0 spiro atoms. The van der Waals surface area contributed by atoms with Crippen molar-refractivity contribution in [3.8, 4) is 0 Å². The molecule has 0 saturated carbocycles. The van der Waals surface area contributed by atoms with E-state index in [0.717, 1.165) is 5.57 Å². The molecule has 5 atom stereocenters. The summed E-state index contributed by atoms with van der Waals surface area (Å²) < 4.78 is 9.73. The van der Waals surface area contributed by atoms with E-state index in [1.54, 1.807) is 6.08 Å². The zero-order valence-corrected chi connectivity index (χ0v) is 10.9. The van der Waals surface area contributed by atoms with Crippen molar-refractivity contribution in [2.24, 2.45) is 0 Å². The summed E-state index contributed by atoms with van der Waals surface area (Å²) in [6.45, 7) is 3.39. The van der Waals surface area contributed by atoms with Crippen LogP contribution >= 0.6 is 0 Å². The topological polar surface area (TPSA) is 116 Å². The maximum absolute atomic E-state index is 11.5. The average Bonchev–Trinajstić information content (AvgIpc) is 2.35. The van der Waals surface area contributed by atoms with Gasteiger partial charge in [-0.1, -0.05) is 5.57 Å². The number of carbonyl (C=O) groups excluding carboxylic acids is 1. The Labute approximate surface area is 111 Å². The number of carbonyl (C=O) groups is 1. The largest absolute Gasteiger partial charge is 0.459 e. The van der Waals surface area contributed by atoms with Crippen molar-refractivity contribution < 1.29 is 34.7 Å². The maximum Gasteiger partial charge on any atom is 0.338 e. The molecule has 0 radical (unpaired) electrons. The van der Waals surface area contributed by atoms with Crippen LogP contribution in [0.4, 0.5) is 0 Å². The van der Waals surface area contributed by atoms with Crippen molar-refractivity contribution in [2.75, 3.05) is 13.2 Å². The lowest BCUT2D eigenvalue weighted by molar-refractivity contribution is -0.217. The first-order valence-corrected chi connectivity index (χ1v) is 5.98. The third-order valence-corrected chi connectivity index (χ3v) is 2.81. The first-order valence-electron chi connectivity index (χ1n) is 5.98. The van der Waals surface area contributed by atoms with Gasteiger partial charge in [-0.3, -0.25) is 0 Å². The van der Waals surface area contributed by atoms with Gasteiger partial charge in [-0.15, -0.1) is 0 Å². The molecule has 1 aliphatic rings. The Morgan fingerprint density at radius 2 is 2.00 bits per heavy atom. The fourth-order valence-corrected chi connectivity index (χ4v) is 1.62. The Balaban J connectivity index is 2.54. The molecule has 110 valence electrons. The molecule has 2 unspecified atom stereocenters. The Kier molecular flexibility index (Phi) is 5.89. The molecule has 0 aliphatic carbocycles. The first kappa shape index (κ1) is 16.1. The molecule has 1 rings (SSSR count). The molecule has 0 aromatic heterocycles. The molecule has 0 aromatic rings. The van der Waals surface area contributed by atoms with Crippen LogP contribution in [0.15, 0.2) is 11.6 Å². The highest BCUT2D eigenvalue weighted by atomic mass is 16.6. The molecule has 0 amide bonds. The smallest absolute Gasteiger partial charge is 0.338 e. The first-order chi connectivity index (χ1) is 8.84. The summed E-state index contributed by atoms with van der Waals surface area (Å²) in [7, 11) is 0. The van der Waals surface area contributed by atoms with Crippen LogP contribution < -0.4 is 0 Å². The van der Waals surface area contributed by atoms with Gasteiger partial charge in [-0.2, -0.15) is 0 Å². The van der Waals surface area contributed by atoms with Gasteiger partial charge in [0.15, 0.2) is 6.10 Å². The van der Waals surface area contributed by atoms with Crippen LogP contribution in [0.25, 0.3) is 0 Å². The predicted molar refractivity (Wildman–Crippen MR) is 64.2 cm³/mol. The fourth-order valence-electron chi connectivity index (χ4n) is 1.62. The van der Waals surface area contributed by atoms with E-state index in [4.69, 9.17) is 9.47 Å². The molecule has 1 fully saturated rings. The molecule has 1 aliphatic heterocycles. The number of hydrogen-bond donors (Lipinski definition) is 4. The van der Waals surface area contributed by atoms with E-state index < -0.39 is 36.5 Å². The molecular weight excluding hydrogens is 256 g/mol. The zero-order valence-electron chi connectivity index (χ0n) is 10.9. The molecular formula is C12H20O7. The summed E-state index contributed by atoms with van der Waals surface area (Å²) in [5.74, 6) is -0.954. The summed E-state index contributed by atoms with van der Waals surface area (Å²) >= 11 is 0. The van der Waals surface area contributed by atoms with Crippen molar-refractivity contribution >= 4 is 5.97 Å². The number of allylic oxidation sites excluding steroid dienone is 1. The van der Waals surface area contributed by atoms with E-state index in [9.17, 15) is 25.2 Å². The maximum atomic E-state index is 11.5. The molecule has 4 N–H and O–H groups in total. The molecule has 1 heterocycles. The highest BCUT2D eigenvalue weighted by Crippen LogP contribution is 2.19. The lowest BCUT2D eigenvalue weighted by atomic mass is 9.96. The minimum absolute atomic E-state index is 0.00617. The second kappa shape index (κ2) is 6.97. The van der Waals surface area contributed by atoms with E-state index in [1.807, 2.05) is 13.8 Å². The summed E-state index contributed by atoms with van der Waals surface area (Å²) in [5.41, 5.74) is 0.954. The van der Waals surface area contributed by atoms with Crippen molar-refractivity contribution in [3.63, 3.8) is 0 Å². The van der Waals surface area contributed by atoms with E-state index in [1.165, 1.54) is 0 Å². The van der Waals surface area contributed by atoms with E-state index in [2.05, 4.69) is 0 Å². The number of rotatable bonds is 4. The standard InChI is InChI=1S/C12H20O7/c1-6(2)3-4-18-12(17)10(16)11-9(15)8(14)7(13)5-19-11/h3,7-11,13-16H,4-5H2,1-2H3/t7-,8+,9-,10?,11?/m1/s1. The van der Waals surface area contributed by atoms with Gasteiger partial charge in [0, 0.05) is 0 Å². The normalized spacial score (nSPS) is 32.5. The number of aliphatic hydroxyl groups excluding tert-OH is 4. The van der Waals surface area contributed by atoms with Gasteiger partial charge < -0.3 is 29.9 Å². The minimum atomic E-state index is -1.72. The molecule has 0 bridgehead atoms. The van der Waals surface area contributed by atoms with Crippen LogP contribution in [0.3, 0.4) is 0 Å². The molecule has 1 saturated heterocycles. The van der Waals surface area contributed by atoms with Crippen LogP contribution in [0.5, 0.6) is 0 Å². The lowest BCUT2D eigenvalue weighted by Gasteiger charge is -2.36. The van der Waals surface area contributed by atoms with Crippen LogP contribution in [0, 0.1) is 0 Å². The SMILES string of the molecule is CC(C)=CCOC(=O)C(O)C1OC[C@@H](O)[C@H](O)[C@H]1O. The van der Waals surface area contributed by atoms with Crippen molar-refractivity contribution in [1.29, 1.82) is 0 Å². The Morgan fingerprint density at radius 1 is 1.37 bits per heavy atom. The minimum Gasteiger partial charge on any atom is -0.459 e. The van der Waals surface area contributed by atoms with Crippen molar-refractivity contribution in [1.82, 2.24) is 0 Å². The number of hydrogen-bond acceptors (Lipinski definition) is 7. The molecule has 19 heavy (non-hydrogen) atoms. The second-order valence-corrected chi connectivity index (χ2v) is 4.70. The summed E-state index contributed by atoms with van der Waals surface area (Å²) in [5, 5.41) is 38.0. The van der Waals surface area contributed by atoms with Gasteiger partial charge in [0.25, 0.3) is 0 Å². The fraction of sp³-hybridized carbons (Fsp3) is 0.750. The summed E-state index contributed by atoms with van der Waals surface area (Å²) in [4.78, 5) is 11.5. The quantitative estimate of drug-likeness (QED) is 0.358. The van der Waals surface area contributed by atoms with E-state index in [0.29, 0.717) is 0 Å². The second-order valence-electron chi connectivity index (χ2n) is 4.70. The Morgan fingerprint density at radius 3 is 2.58 bits per heavy atom. The molecule has 7 nitrogen and oxygen atoms in total. The zero-order chi connectivity index (χ0) is 14.6. The van der Waals surface area contributed by atoms with Crippen LogP contribution in [0.2, 0.25) is 0 Å². The van der Waals surface area contributed by atoms with Gasteiger partial charge in [0.2, 0.25) is 0 Å². The Hall–Kier alpha value is -0.990. The monoisotopic (exact) mass is 276 g/mol. The molecule has 7 heteroatoms. The van der Waals surface area contributed by atoms with Gasteiger partial charge in [-0.25, -0.2) is 4.79 Å². The third kappa shape index (κ3) is 4.26. The Bertz CT molecular complexity index is 337. The van der Waals surface area contributed by atoms with Crippen LogP contribution in [0.1, 0.15) is 13.8 Å². The number of ether oxygens (including phenoxy) is 2. The van der Waals surface area contributed by atoms with Gasteiger partial charge in [0.1, 0.15) is 31.0 Å². The van der Waals surface area contributed by atoms with Gasteiger partial charge in [0.05, 0.1) is 6.61 Å². The number of esters is 1. The van der Waals surface area contributed by atoms with Crippen molar-refractivity contribution in [2.45, 2.75) is 44.4 Å². The highest BCUT2D eigenvalue weighted by Gasteiger charge is 2.43.